The van der Waals surface area contributed by atoms with Crippen LogP contribution >= 0.6 is 0 Å². The molecule has 1 aliphatic rings. The summed E-state index contributed by atoms with van der Waals surface area (Å²) in [5.74, 6) is 0. The van der Waals surface area contributed by atoms with E-state index in [0.717, 1.165) is 24.8 Å². The second-order valence-corrected chi connectivity index (χ2v) is 6.26. The predicted molar refractivity (Wildman–Crippen MR) is 77.4 cm³/mol. The molecule has 2 rings (SSSR count). The molecular formula is C16H20N2O2. The van der Waals surface area contributed by atoms with E-state index in [4.69, 9.17) is 4.74 Å². The molecule has 0 bridgehead atoms. The Morgan fingerprint density at radius 1 is 1.40 bits per heavy atom. The number of carbonyl (C=O) groups is 1. The van der Waals surface area contributed by atoms with E-state index in [0.29, 0.717) is 5.69 Å². The van der Waals surface area contributed by atoms with E-state index in [1.165, 1.54) is 0 Å². The summed E-state index contributed by atoms with van der Waals surface area (Å²) in [5.41, 5.74) is 0.743. The highest BCUT2D eigenvalue weighted by molar-refractivity contribution is 5.85. The average Bonchev–Trinajstić information content (AvgIpc) is 2.26. The van der Waals surface area contributed by atoms with E-state index in [2.05, 4.69) is 11.4 Å². The van der Waals surface area contributed by atoms with Gasteiger partial charge in [-0.3, -0.25) is 5.32 Å². The molecule has 0 spiro atoms. The highest BCUT2D eigenvalue weighted by Crippen LogP contribution is 2.43. The van der Waals surface area contributed by atoms with Gasteiger partial charge in [0.2, 0.25) is 0 Å². The summed E-state index contributed by atoms with van der Waals surface area (Å²) >= 11 is 0. The van der Waals surface area contributed by atoms with Gasteiger partial charge in [0, 0.05) is 5.69 Å². The Morgan fingerprint density at radius 3 is 2.60 bits per heavy atom. The summed E-state index contributed by atoms with van der Waals surface area (Å²) < 4.78 is 5.22. The third-order valence-corrected chi connectivity index (χ3v) is 3.48. The normalized spacial score (nSPS) is 16.7. The summed E-state index contributed by atoms with van der Waals surface area (Å²) in [5, 5.41) is 12.1. The third kappa shape index (κ3) is 3.11. The molecule has 0 atom stereocenters. The molecule has 106 valence electrons. The number of rotatable bonds is 2. The van der Waals surface area contributed by atoms with Crippen LogP contribution in [0.5, 0.6) is 0 Å². The Bertz CT molecular complexity index is 548. The molecule has 1 aliphatic carbocycles. The molecule has 4 nitrogen and oxygen atoms in total. The Balaban J connectivity index is 2.11. The van der Waals surface area contributed by atoms with Crippen molar-refractivity contribution in [2.45, 2.75) is 51.0 Å². The fourth-order valence-electron chi connectivity index (χ4n) is 2.31. The van der Waals surface area contributed by atoms with Crippen molar-refractivity contribution in [1.82, 2.24) is 0 Å². The number of hydrogen-bond acceptors (Lipinski definition) is 3. The van der Waals surface area contributed by atoms with Gasteiger partial charge >= 0.3 is 6.09 Å². The van der Waals surface area contributed by atoms with Crippen molar-refractivity contribution in [3.63, 3.8) is 0 Å². The highest BCUT2D eigenvalue weighted by Gasteiger charge is 2.39. The van der Waals surface area contributed by atoms with Crippen molar-refractivity contribution in [3.05, 3.63) is 29.8 Å². The summed E-state index contributed by atoms with van der Waals surface area (Å²) in [7, 11) is 0. The second kappa shape index (κ2) is 5.16. The molecule has 1 N–H and O–H groups in total. The lowest BCUT2D eigenvalue weighted by Crippen LogP contribution is -2.32. The first-order valence-corrected chi connectivity index (χ1v) is 6.86. The maximum Gasteiger partial charge on any atom is 0.412 e. The summed E-state index contributed by atoms with van der Waals surface area (Å²) in [6.45, 7) is 5.46. The van der Waals surface area contributed by atoms with Crippen LogP contribution in [0.25, 0.3) is 0 Å². The van der Waals surface area contributed by atoms with Gasteiger partial charge in [-0.15, -0.1) is 0 Å². The number of carbonyl (C=O) groups excluding carboxylic acids is 1. The fraction of sp³-hybridized carbons (Fsp3) is 0.500. The molecule has 1 fully saturated rings. The minimum absolute atomic E-state index is 0.369. The Labute approximate surface area is 119 Å². The van der Waals surface area contributed by atoms with Crippen LogP contribution in [-0.2, 0) is 10.2 Å². The van der Waals surface area contributed by atoms with Crippen LogP contribution in [0.15, 0.2) is 24.3 Å². The number of benzene rings is 1. The van der Waals surface area contributed by atoms with Crippen molar-refractivity contribution in [2.75, 3.05) is 5.32 Å². The van der Waals surface area contributed by atoms with Crippen LogP contribution in [0.4, 0.5) is 10.5 Å². The van der Waals surface area contributed by atoms with Crippen molar-refractivity contribution in [3.8, 4) is 6.07 Å². The van der Waals surface area contributed by atoms with Gasteiger partial charge in [-0.25, -0.2) is 4.79 Å². The zero-order valence-corrected chi connectivity index (χ0v) is 12.2. The Kier molecular flexibility index (Phi) is 3.71. The zero-order valence-electron chi connectivity index (χ0n) is 12.2. The number of anilines is 1. The zero-order chi connectivity index (χ0) is 14.8. The molecule has 1 amide bonds. The lowest BCUT2D eigenvalue weighted by molar-refractivity contribution is 0.0636. The third-order valence-electron chi connectivity index (χ3n) is 3.48. The van der Waals surface area contributed by atoms with Crippen LogP contribution in [-0.4, -0.2) is 11.7 Å². The number of hydrogen-bond donors (Lipinski definition) is 1. The van der Waals surface area contributed by atoms with E-state index < -0.39 is 11.7 Å². The van der Waals surface area contributed by atoms with Crippen molar-refractivity contribution in [1.29, 1.82) is 5.26 Å². The number of nitrogens with zero attached hydrogens (tertiary/aromatic N) is 1. The fourth-order valence-corrected chi connectivity index (χ4v) is 2.31. The van der Waals surface area contributed by atoms with Gasteiger partial charge in [-0.2, -0.15) is 5.26 Å². The van der Waals surface area contributed by atoms with Crippen LogP contribution in [0.2, 0.25) is 0 Å². The van der Waals surface area contributed by atoms with Crippen molar-refractivity contribution < 1.29 is 9.53 Å². The first-order valence-electron chi connectivity index (χ1n) is 6.86. The molecule has 0 saturated heterocycles. The molecule has 1 saturated carbocycles. The molecule has 0 radical (unpaired) electrons. The maximum atomic E-state index is 11.7. The maximum absolute atomic E-state index is 11.7. The smallest absolute Gasteiger partial charge is 0.412 e. The monoisotopic (exact) mass is 272 g/mol. The molecule has 0 aliphatic heterocycles. The molecule has 0 heterocycles. The quantitative estimate of drug-likeness (QED) is 0.885. The standard InChI is InChI=1S/C16H20N2O2/c1-15(2,3)20-14(19)18-13-7-4-6-12(10-13)16(11-17)8-5-9-16/h4,6-7,10H,5,8-9H2,1-3H3,(H,18,19). The number of nitrogens with one attached hydrogen (secondary N) is 1. The van der Waals surface area contributed by atoms with E-state index in [-0.39, 0.29) is 5.41 Å². The van der Waals surface area contributed by atoms with Gasteiger partial charge in [0.25, 0.3) is 0 Å². The number of amides is 1. The van der Waals surface area contributed by atoms with Crippen LogP contribution in [0, 0.1) is 11.3 Å². The predicted octanol–water partition coefficient (Wildman–Crippen LogP) is 3.98. The average molecular weight is 272 g/mol. The van der Waals surface area contributed by atoms with Gasteiger partial charge in [0.05, 0.1) is 11.5 Å². The van der Waals surface area contributed by atoms with Crippen molar-refractivity contribution in [2.24, 2.45) is 0 Å². The van der Waals surface area contributed by atoms with Gasteiger partial charge in [0.15, 0.2) is 0 Å². The summed E-state index contributed by atoms with van der Waals surface area (Å²) in [4.78, 5) is 11.7. The highest BCUT2D eigenvalue weighted by atomic mass is 16.6. The SMILES string of the molecule is CC(C)(C)OC(=O)Nc1cccc(C2(C#N)CCC2)c1. The van der Waals surface area contributed by atoms with E-state index >= 15 is 0 Å². The largest absolute Gasteiger partial charge is 0.444 e. The van der Waals surface area contributed by atoms with Gasteiger partial charge in [0.1, 0.15) is 5.60 Å². The van der Waals surface area contributed by atoms with Gasteiger partial charge in [-0.1, -0.05) is 12.1 Å². The van der Waals surface area contributed by atoms with E-state index in [1.54, 1.807) is 6.07 Å². The molecule has 1 aromatic rings. The van der Waals surface area contributed by atoms with Crippen LogP contribution in [0.3, 0.4) is 0 Å². The Hall–Kier alpha value is -2.02. The molecule has 1 aromatic carbocycles. The first-order chi connectivity index (χ1) is 9.35. The first kappa shape index (κ1) is 14.4. The second-order valence-electron chi connectivity index (χ2n) is 6.26. The summed E-state index contributed by atoms with van der Waals surface area (Å²) in [6.07, 6.45) is 2.38. The van der Waals surface area contributed by atoms with Gasteiger partial charge < -0.3 is 4.74 Å². The van der Waals surface area contributed by atoms with Crippen LogP contribution in [0.1, 0.15) is 45.6 Å². The minimum Gasteiger partial charge on any atom is -0.444 e. The molecule has 4 heteroatoms. The molecule has 0 aromatic heterocycles. The van der Waals surface area contributed by atoms with Gasteiger partial charge in [-0.05, 0) is 57.7 Å². The minimum atomic E-state index is -0.524. The topological polar surface area (TPSA) is 62.1 Å². The summed E-state index contributed by atoms with van der Waals surface area (Å²) in [6, 6.07) is 9.88. The van der Waals surface area contributed by atoms with Crippen LogP contribution < -0.4 is 5.32 Å². The molecular weight excluding hydrogens is 252 g/mol. The van der Waals surface area contributed by atoms with E-state index in [1.807, 2.05) is 39.0 Å². The molecule has 20 heavy (non-hydrogen) atoms. The molecule has 0 unspecified atom stereocenters. The number of nitriles is 1. The lowest BCUT2D eigenvalue weighted by atomic mass is 9.65. The van der Waals surface area contributed by atoms with E-state index in [9.17, 15) is 10.1 Å². The lowest BCUT2D eigenvalue weighted by Gasteiger charge is -2.35. The number of ether oxygens (including phenoxy) is 1. The van der Waals surface area contributed by atoms with Crippen molar-refractivity contribution >= 4 is 11.8 Å². The Morgan fingerprint density at radius 2 is 2.10 bits per heavy atom.